The van der Waals surface area contributed by atoms with Crippen molar-refractivity contribution in [3.05, 3.63) is 35.8 Å². The second-order valence-electron chi connectivity index (χ2n) is 1.91. The molecule has 0 atom stereocenters. The maximum Gasteiger partial charge on any atom is 0.284 e. The predicted octanol–water partition coefficient (Wildman–Crippen LogP) is 1.92. The van der Waals surface area contributed by atoms with E-state index in [9.17, 15) is 0 Å². The van der Waals surface area contributed by atoms with Crippen molar-refractivity contribution in [1.82, 2.24) is 0 Å². The highest BCUT2D eigenvalue weighted by Gasteiger charge is 2.00. The van der Waals surface area contributed by atoms with Crippen LogP contribution in [0.5, 0.6) is 0 Å². The van der Waals surface area contributed by atoms with Crippen molar-refractivity contribution in [2.75, 3.05) is 6.61 Å². The molecule has 0 bridgehead atoms. The summed E-state index contributed by atoms with van der Waals surface area (Å²) in [6.45, 7) is 2.33. The third-order valence-corrected chi connectivity index (χ3v) is 1.19. The summed E-state index contributed by atoms with van der Waals surface area (Å²) in [4.78, 5) is 0. The van der Waals surface area contributed by atoms with Gasteiger partial charge in [-0.3, -0.25) is 0 Å². The first-order valence-electron chi connectivity index (χ1n) is 3.25. The SMILES string of the molecule is CCOC(O)=C1C=CC=C1. The van der Waals surface area contributed by atoms with Crippen LogP contribution in [0.4, 0.5) is 0 Å². The maximum absolute atomic E-state index is 9.10. The van der Waals surface area contributed by atoms with Crippen LogP contribution in [0.2, 0.25) is 0 Å². The van der Waals surface area contributed by atoms with Gasteiger partial charge in [0.25, 0.3) is 5.95 Å². The van der Waals surface area contributed by atoms with Gasteiger partial charge in [-0.15, -0.1) is 0 Å². The molecule has 0 aromatic heterocycles. The van der Waals surface area contributed by atoms with Crippen LogP contribution in [0.1, 0.15) is 6.92 Å². The molecule has 1 rings (SSSR count). The van der Waals surface area contributed by atoms with Crippen LogP contribution >= 0.6 is 0 Å². The zero-order valence-corrected chi connectivity index (χ0v) is 5.87. The second-order valence-corrected chi connectivity index (χ2v) is 1.91. The molecular formula is C8H10O2. The Balaban J connectivity index is 2.65. The lowest BCUT2D eigenvalue weighted by molar-refractivity contribution is 0.100. The molecule has 1 aliphatic carbocycles. The molecule has 0 amide bonds. The van der Waals surface area contributed by atoms with E-state index in [1.54, 1.807) is 12.2 Å². The predicted molar refractivity (Wildman–Crippen MR) is 39.6 cm³/mol. The fraction of sp³-hybridized carbons (Fsp3) is 0.250. The monoisotopic (exact) mass is 138 g/mol. The van der Waals surface area contributed by atoms with E-state index in [-0.39, 0.29) is 5.95 Å². The number of rotatable bonds is 2. The van der Waals surface area contributed by atoms with E-state index in [0.29, 0.717) is 6.61 Å². The quantitative estimate of drug-likeness (QED) is 0.591. The Labute approximate surface area is 60.1 Å². The normalized spacial score (nSPS) is 14.3. The molecule has 0 aromatic rings. The first-order chi connectivity index (χ1) is 4.84. The Kier molecular flexibility index (Phi) is 2.15. The van der Waals surface area contributed by atoms with E-state index in [0.717, 1.165) is 5.57 Å². The van der Waals surface area contributed by atoms with Gasteiger partial charge in [0, 0.05) is 0 Å². The molecule has 0 aromatic carbocycles. The highest BCUT2D eigenvalue weighted by atomic mass is 16.6. The summed E-state index contributed by atoms with van der Waals surface area (Å²) in [6, 6.07) is 0. The van der Waals surface area contributed by atoms with Gasteiger partial charge in [0.1, 0.15) is 0 Å². The van der Waals surface area contributed by atoms with Crippen LogP contribution in [-0.2, 0) is 4.74 Å². The van der Waals surface area contributed by atoms with Gasteiger partial charge in [0.05, 0.1) is 12.2 Å². The minimum atomic E-state index is 0.00694. The molecule has 54 valence electrons. The minimum absolute atomic E-state index is 0.00694. The lowest BCUT2D eigenvalue weighted by atomic mass is 10.3. The molecule has 0 aliphatic heterocycles. The van der Waals surface area contributed by atoms with Gasteiger partial charge in [-0.05, 0) is 19.1 Å². The van der Waals surface area contributed by atoms with Crippen molar-refractivity contribution in [2.24, 2.45) is 0 Å². The number of allylic oxidation sites excluding steroid dienone is 5. The van der Waals surface area contributed by atoms with Crippen molar-refractivity contribution in [3.63, 3.8) is 0 Å². The van der Waals surface area contributed by atoms with Gasteiger partial charge in [-0.1, -0.05) is 12.2 Å². The number of aliphatic hydroxyl groups is 1. The number of ether oxygens (including phenoxy) is 1. The van der Waals surface area contributed by atoms with Crippen LogP contribution in [0, 0.1) is 0 Å². The molecule has 0 saturated heterocycles. The highest BCUT2D eigenvalue weighted by molar-refractivity contribution is 5.40. The van der Waals surface area contributed by atoms with Crippen molar-refractivity contribution in [3.8, 4) is 0 Å². The largest absolute Gasteiger partial charge is 0.481 e. The summed E-state index contributed by atoms with van der Waals surface area (Å²) in [5.41, 5.74) is 0.738. The minimum Gasteiger partial charge on any atom is -0.481 e. The Morgan fingerprint density at radius 2 is 2.10 bits per heavy atom. The molecule has 2 heteroatoms. The molecular weight excluding hydrogens is 128 g/mol. The molecule has 0 fully saturated rings. The molecule has 2 nitrogen and oxygen atoms in total. The van der Waals surface area contributed by atoms with Crippen molar-refractivity contribution >= 4 is 0 Å². The van der Waals surface area contributed by atoms with Crippen LogP contribution in [0.25, 0.3) is 0 Å². The number of aliphatic hydroxyl groups excluding tert-OH is 1. The topological polar surface area (TPSA) is 29.5 Å². The molecule has 10 heavy (non-hydrogen) atoms. The Morgan fingerprint density at radius 1 is 1.50 bits per heavy atom. The first-order valence-corrected chi connectivity index (χ1v) is 3.25. The Hall–Kier alpha value is -1.18. The summed E-state index contributed by atoms with van der Waals surface area (Å²) >= 11 is 0. The van der Waals surface area contributed by atoms with Crippen LogP contribution < -0.4 is 0 Å². The van der Waals surface area contributed by atoms with Crippen LogP contribution in [0.15, 0.2) is 35.8 Å². The zero-order chi connectivity index (χ0) is 7.40. The fourth-order valence-electron chi connectivity index (χ4n) is 0.737. The molecule has 0 heterocycles. The fourth-order valence-corrected chi connectivity index (χ4v) is 0.737. The average Bonchev–Trinajstić information content (AvgIpc) is 2.38. The molecule has 0 saturated carbocycles. The third-order valence-electron chi connectivity index (χ3n) is 1.19. The second kappa shape index (κ2) is 3.11. The van der Waals surface area contributed by atoms with Crippen molar-refractivity contribution < 1.29 is 9.84 Å². The summed E-state index contributed by atoms with van der Waals surface area (Å²) in [5.74, 6) is 0.00694. The lowest BCUT2D eigenvalue weighted by Gasteiger charge is -2.00. The number of hydrogen-bond donors (Lipinski definition) is 1. The maximum atomic E-state index is 9.10. The van der Waals surface area contributed by atoms with E-state index >= 15 is 0 Å². The van der Waals surface area contributed by atoms with E-state index in [4.69, 9.17) is 9.84 Å². The highest BCUT2D eigenvalue weighted by Crippen LogP contribution is 2.11. The van der Waals surface area contributed by atoms with Crippen LogP contribution in [0.3, 0.4) is 0 Å². The van der Waals surface area contributed by atoms with Gasteiger partial charge in [0.15, 0.2) is 0 Å². The Bertz CT molecular complexity index is 185. The van der Waals surface area contributed by atoms with E-state index in [1.165, 1.54) is 0 Å². The van der Waals surface area contributed by atoms with Gasteiger partial charge in [-0.25, -0.2) is 0 Å². The summed E-state index contributed by atoms with van der Waals surface area (Å²) in [6.07, 6.45) is 7.30. The van der Waals surface area contributed by atoms with E-state index in [2.05, 4.69) is 0 Å². The smallest absolute Gasteiger partial charge is 0.284 e. The van der Waals surface area contributed by atoms with E-state index < -0.39 is 0 Å². The molecule has 1 aliphatic rings. The van der Waals surface area contributed by atoms with Gasteiger partial charge in [0.2, 0.25) is 0 Å². The van der Waals surface area contributed by atoms with Crippen molar-refractivity contribution in [1.29, 1.82) is 0 Å². The third kappa shape index (κ3) is 1.41. The Morgan fingerprint density at radius 3 is 2.60 bits per heavy atom. The lowest BCUT2D eigenvalue weighted by Crippen LogP contribution is -1.92. The molecule has 1 N–H and O–H groups in total. The summed E-state index contributed by atoms with van der Waals surface area (Å²) < 4.78 is 4.86. The molecule has 0 unspecified atom stereocenters. The van der Waals surface area contributed by atoms with Gasteiger partial charge >= 0.3 is 0 Å². The molecule has 0 spiro atoms. The van der Waals surface area contributed by atoms with E-state index in [1.807, 2.05) is 19.1 Å². The summed E-state index contributed by atoms with van der Waals surface area (Å²) in [7, 11) is 0. The standard InChI is InChI=1S/C8H10O2/c1-2-10-8(9)7-5-3-4-6-7/h3-6,9H,2H2,1H3. The zero-order valence-electron chi connectivity index (χ0n) is 5.87. The van der Waals surface area contributed by atoms with Crippen LogP contribution in [-0.4, -0.2) is 11.7 Å². The first kappa shape index (κ1) is 6.93. The molecule has 0 radical (unpaired) electrons. The number of hydrogen-bond acceptors (Lipinski definition) is 2. The van der Waals surface area contributed by atoms with Gasteiger partial charge < -0.3 is 9.84 Å². The van der Waals surface area contributed by atoms with Gasteiger partial charge in [-0.2, -0.15) is 0 Å². The van der Waals surface area contributed by atoms with Crippen molar-refractivity contribution in [2.45, 2.75) is 6.92 Å². The summed E-state index contributed by atoms with van der Waals surface area (Å²) in [5, 5.41) is 9.10. The average molecular weight is 138 g/mol.